The van der Waals surface area contributed by atoms with Gasteiger partial charge in [0.1, 0.15) is 5.76 Å². The summed E-state index contributed by atoms with van der Waals surface area (Å²) in [5.41, 5.74) is -0.172. The number of hydrogen-bond donors (Lipinski definition) is 1. The maximum atomic E-state index is 12.6. The van der Waals surface area contributed by atoms with Crippen LogP contribution >= 0.6 is 0 Å². The van der Waals surface area contributed by atoms with Crippen molar-refractivity contribution in [1.29, 1.82) is 0 Å². The summed E-state index contributed by atoms with van der Waals surface area (Å²) in [6.45, 7) is 3.95. The van der Waals surface area contributed by atoms with E-state index in [1.807, 2.05) is 0 Å². The van der Waals surface area contributed by atoms with Crippen molar-refractivity contribution in [3.63, 3.8) is 0 Å². The third kappa shape index (κ3) is 3.99. The number of allylic oxidation sites excluding steroid dienone is 2. The number of fused-ring (bicyclic) bond motifs is 2. The summed E-state index contributed by atoms with van der Waals surface area (Å²) in [4.78, 5) is 15.1. The van der Waals surface area contributed by atoms with Gasteiger partial charge in [0.05, 0.1) is 18.3 Å². The van der Waals surface area contributed by atoms with Gasteiger partial charge >= 0.3 is 5.97 Å². The number of nitrogens with zero attached hydrogens (tertiary/aromatic N) is 1. The molecule has 0 unspecified atom stereocenters. The molecule has 0 aromatic heterocycles. The third-order valence-corrected chi connectivity index (χ3v) is 11.7. The third-order valence-electron chi connectivity index (χ3n) is 11.7. The highest BCUT2D eigenvalue weighted by Crippen LogP contribution is 2.55. The number of rotatable bonds is 3. The Labute approximate surface area is 233 Å². The molecule has 5 aliphatic heterocycles. The molecule has 0 aromatic carbocycles. The van der Waals surface area contributed by atoms with Crippen LogP contribution in [-0.2, 0) is 19.0 Å². The Hall–Kier alpha value is -2.05. The first-order chi connectivity index (χ1) is 18.9. The summed E-state index contributed by atoms with van der Waals surface area (Å²) in [6, 6.07) is 0.947. The summed E-state index contributed by atoms with van der Waals surface area (Å²) in [5.74, 6) is 4.41. The minimum Gasteiger partial charge on any atom is -0.492 e. The van der Waals surface area contributed by atoms with Crippen LogP contribution < -0.4 is 0 Å². The van der Waals surface area contributed by atoms with Gasteiger partial charge in [-0.1, -0.05) is 51.2 Å². The van der Waals surface area contributed by atoms with Crippen molar-refractivity contribution in [2.45, 2.75) is 115 Å². The normalized spacial score (nSPS) is 44.5. The summed E-state index contributed by atoms with van der Waals surface area (Å²) < 4.78 is 17.8. The second-order valence-corrected chi connectivity index (χ2v) is 13.5. The number of hydrogen-bond acceptors (Lipinski definition) is 6. The van der Waals surface area contributed by atoms with E-state index >= 15 is 0 Å². The molecule has 212 valence electrons. The van der Waals surface area contributed by atoms with E-state index in [1.165, 1.54) is 32.1 Å². The highest BCUT2D eigenvalue weighted by atomic mass is 16.6. The maximum absolute atomic E-state index is 12.6. The fraction of sp³-hybridized carbons (Fsp3) is 0.727. The first-order valence-electron chi connectivity index (χ1n) is 15.7. The lowest BCUT2D eigenvalue weighted by Crippen LogP contribution is -2.68. The lowest BCUT2D eigenvalue weighted by molar-refractivity contribution is -0.161. The molecule has 2 aliphatic carbocycles. The van der Waals surface area contributed by atoms with E-state index in [4.69, 9.17) is 14.2 Å². The molecule has 4 fully saturated rings. The molecule has 7 aliphatic rings. The number of cyclic esters (lactones) is 1. The van der Waals surface area contributed by atoms with Crippen molar-refractivity contribution in [2.75, 3.05) is 7.11 Å². The second kappa shape index (κ2) is 9.80. The highest BCUT2D eigenvalue weighted by molar-refractivity contribution is 5.93. The molecule has 0 aromatic rings. The molecule has 8 atom stereocenters. The number of methoxy groups -OCH3 is 1. The fourth-order valence-electron chi connectivity index (χ4n) is 9.73. The van der Waals surface area contributed by atoms with Crippen LogP contribution in [-0.4, -0.2) is 46.8 Å². The van der Waals surface area contributed by atoms with Crippen molar-refractivity contribution in [1.82, 2.24) is 4.90 Å². The van der Waals surface area contributed by atoms with Crippen molar-refractivity contribution < 1.29 is 24.1 Å². The Kier molecular flexibility index (Phi) is 6.50. The molecular formula is C33H45NO5. The van der Waals surface area contributed by atoms with Gasteiger partial charge in [-0.2, -0.15) is 0 Å². The van der Waals surface area contributed by atoms with Crippen molar-refractivity contribution in [2.24, 2.45) is 29.6 Å². The van der Waals surface area contributed by atoms with Gasteiger partial charge in [-0.25, -0.2) is 4.79 Å². The van der Waals surface area contributed by atoms with Crippen LogP contribution in [0.1, 0.15) is 90.9 Å². The summed E-state index contributed by atoms with van der Waals surface area (Å²) in [6.07, 6.45) is 21.1. The SMILES string of the molecule is COC1=C(C)C(=O)OC1=C1OC2=CC[C@@H]3CC[C@](O)([C@@H]4C=CC[C@@H](C5CCCC5)C4)[C@@H]4CCC[C@@H]([C@H]2[C@@H]1C)N34. The molecule has 39 heavy (non-hydrogen) atoms. The molecule has 7 rings (SSSR count). The molecular weight excluding hydrogens is 490 g/mol. The van der Waals surface area contributed by atoms with Crippen molar-refractivity contribution >= 4 is 5.97 Å². The van der Waals surface area contributed by atoms with E-state index in [9.17, 15) is 9.90 Å². The fourth-order valence-corrected chi connectivity index (χ4v) is 9.73. The van der Waals surface area contributed by atoms with Crippen LogP contribution in [0, 0.1) is 29.6 Å². The number of aliphatic hydroxyl groups is 1. The first-order valence-corrected chi connectivity index (χ1v) is 15.7. The standard InChI is InChI=1S/C33H45NO5/c1-19-28-25-12-7-13-27-33(36,23-11-6-10-22(18-23)21-8-4-5-9-21)17-16-24(34(25)27)14-15-26(28)38-30(19)31-29(37-3)20(2)32(35)39-31/h6,11,15,19,21-25,27-28,36H,4-5,7-10,12-14,16-18H2,1-3H3/t19-,22+,23+,24+,25-,27-,28+,33-/m0/s1. The smallest absolute Gasteiger partial charge is 0.343 e. The largest absolute Gasteiger partial charge is 0.492 e. The van der Waals surface area contributed by atoms with Gasteiger partial charge in [-0.15, -0.1) is 0 Å². The quantitative estimate of drug-likeness (QED) is 0.346. The van der Waals surface area contributed by atoms with Crippen LogP contribution in [0.4, 0.5) is 0 Å². The predicted octanol–water partition coefficient (Wildman–Crippen LogP) is 6.13. The van der Waals surface area contributed by atoms with Gasteiger partial charge in [0.2, 0.25) is 5.76 Å². The molecule has 3 saturated heterocycles. The van der Waals surface area contributed by atoms with Crippen molar-refractivity contribution in [3.05, 3.63) is 46.8 Å². The molecule has 6 heteroatoms. The zero-order valence-electron chi connectivity index (χ0n) is 23.9. The highest BCUT2D eigenvalue weighted by Gasteiger charge is 2.58. The molecule has 1 saturated carbocycles. The zero-order chi connectivity index (χ0) is 26.9. The molecule has 0 radical (unpaired) electrons. The van der Waals surface area contributed by atoms with E-state index in [0.717, 1.165) is 68.3 Å². The topological polar surface area (TPSA) is 68.2 Å². The molecule has 1 N–H and O–H groups in total. The lowest BCUT2D eigenvalue weighted by atomic mass is 9.63. The number of esters is 1. The maximum Gasteiger partial charge on any atom is 0.343 e. The summed E-state index contributed by atoms with van der Waals surface area (Å²) >= 11 is 0. The molecule has 0 bridgehead atoms. The minimum atomic E-state index is -0.665. The monoisotopic (exact) mass is 535 g/mol. The van der Waals surface area contributed by atoms with Crippen LogP contribution in [0.5, 0.6) is 0 Å². The van der Waals surface area contributed by atoms with Crippen LogP contribution in [0.2, 0.25) is 0 Å². The number of piperidine rings is 2. The average Bonchev–Trinajstić information content (AvgIpc) is 3.64. The Morgan fingerprint density at radius 3 is 2.67 bits per heavy atom. The number of carbonyl (C=O) groups is 1. The minimum absolute atomic E-state index is 0.0638. The Balaban J connectivity index is 1.19. The van der Waals surface area contributed by atoms with Crippen LogP contribution in [0.15, 0.2) is 46.8 Å². The van der Waals surface area contributed by atoms with E-state index in [1.54, 1.807) is 14.0 Å². The number of carbonyl (C=O) groups excluding carboxylic acids is 1. The van der Waals surface area contributed by atoms with Gasteiger partial charge in [-0.05, 0) is 69.8 Å². The molecule has 0 amide bonds. The zero-order valence-corrected chi connectivity index (χ0v) is 23.9. The lowest BCUT2D eigenvalue weighted by Gasteiger charge is -2.59. The van der Waals surface area contributed by atoms with Crippen LogP contribution in [0.25, 0.3) is 0 Å². The Morgan fingerprint density at radius 1 is 1.05 bits per heavy atom. The molecule has 0 spiro atoms. The van der Waals surface area contributed by atoms with E-state index < -0.39 is 5.60 Å². The van der Waals surface area contributed by atoms with Crippen molar-refractivity contribution in [3.8, 4) is 0 Å². The van der Waals surface area contributed by atoms with E-state index in [0.29, 0.717) is 29.2 Å². The van der Waals surface area contributed by atoms with Gasteiger partial charge in [0.15, 0.2) is 11.5 Å². The van der Waals surface area contributed by atoms with Gasteiger partial charge < -0.3 is 19.3 Å². The summed E-state index contributed by atoms with van der Waals surface area (Å²) in [7, 11) is 1.58. The van der Waals surface area contributed by atoms with Gasteiger partial charge in [-0.3, -0.25) is 4.90 Å². The first kappa shape index (κ1) is 25.9. The average molecular weight is 536 g/mol. The Bertz CT molecular complexity index is 1140. The van der Waals surface area contributed by atoms with E-state index in [2.05, 4.69) is 30.1 Å². The Morgan fingerprint density at radius 2 is 1.87 bits per heavy atom. The molecule has 5 heterocycles. The van der Waals surface area contributed by atoms with Gasteiger partial charge in [0, 0.05) is 35.9 Å². The second-order valence-electron chi connectivity index (χ2n) is 13.5. The predicted molar refractivity (Wildman–Crippen MR) is 148 cm³/mol. The molecule has 6 nitrogen and oxygen atoms in total. The van der Waals surface area contributed by atoms with Crippen LogP contribution in [0.3, 0.4) is 0 Å². The van der Waals surface area contributed by atoms with E-state index in [-0.39, 0.29) is 29.8 Å². The number of ether oxygens (including phenoxy) is 3. The van der Waals surface area contributed by atoms with Gasteiger partial charge in [0.25, 0.3) is 0 Å². The summed E-state index contributed by atoms with van der Waals surface area (Å²) in [5, 5.41) is 12.6.